The van der Waals surface area contributed by atoms with E-state index in [1.54, 1.807) is 18.2 Å². The first-order valence-corrected chi connectivity index (χ1v) is 5.48. The number of benzene rings is 1. The molecule has 1 N–H and O–H groups in total. The summed E-state index contributed by atoms with van der Waals surface area (Å²) in [4.78, 5) is 0. The summed E-state index contributed by atoms with van der Waals surface area (Å²) in [6, 6.07) is 5.18. The van der Waals surface area contributed by atoms with Gasteiger partial charge in [-0.2, -0.15) is 0 Å². The normalized spacial score (nSPS) is 12.1. The number of halogens is 2. The van der Waals surface area contributed by atoms with Gasteiger partial charge in [0, 0.05) is 22.0 Å². The van der Waals surface area contributed by atoms with Crippen molar-refractivity contribution in [2.75, 3.05) is 0 Å². The molecular formula is C12H12Cl2O. The van der Waals surface area contributed by atoms with Gasteiger partial charge in [0.1, 0.15) is 0 Å². The van der Waals surface area contributed by atoms with Crippen LogP contribution in [0, 0.1) is 12.3 Å². The molecule has 1 aromatic rings. The Bertz CT molecular complexity index is 348. The highest BCUT2D eigenvalue weighted by Crippen LogP contribution is 2.32. The molecule has 1 atom stereocenters. The third kappa shape index (κ3) is 3.43. The summed E-state index contributed by atoms with van der Waals surface area (Å²) < 4.78 is 0. The third-order valence-electron chi connectivity index (χ3n) is 2.13. The van der Waals surface area contributed by atoms with E-state index >= 15 is 0 Å². The van der Waals surface area contributed by atoms with Crippen molar-refractivity contribution >= 4 is 23.2 Å². The molecule has 1 nitrogen and oxygen atoms in total. The molecule has 0 heterocycles. The van der Waals surface area contributed by atoms with Gasteiger partial charge >= 0.3 is 0 Å². The molecule has 0 radical (unpaired) electrons. The van der Waals surface area contributed by atoms with Crippen molar-refractivity contribution in [3.63, 3.8) is 0 Å². The molecule has 0 fully saturated rings. The van der Waals surface area contributed by atoms with E-state index in [1.165, 1.54) is 0 Å². The van der Waals surface area contributed by atoms with Gasteiger partial charge in [0.25, 0.3) is 0 Å². The standard InChI is InChI=1S/C12H12Cl2O/c1-2-3-4-8-11(15)12-9(13)6-5-7-10(12)14/h1,5-7,11,15H,3-4,8H2. The summed E-state index contributed by atoms with van der Waals surface area (Å²) in [5.74, 6) is 2.53. The number of hydrogen-bond donors (Lipinski definition) is 1. The summed E-state index contributed by atoms with van der Waals surface area (Å²) in [7, 11) is 0. The Hall–Kier alpha value is -0.680. The summed E-state index contributed by atoms with van der Waals surface area (Å²) in [5.41, 5.74) is 0.595. The van der Waals surface area contributed by atoms with Crippen molar-refractivity contribution < 1.29 is 5.11 Å². The van der Waals surface area contributed by atoms with Crippen LogP contribution in [0.3, 0.4) is 0 Å². The largest absolute Gasteiger partial charge is 0.388 e. The lowest BCUT2D eigenvalue weighted by Crippen LogP contribution is -1.99. The fraction of sp³-hybridized carbons (Fsp3) is 0.333. The van der Waals surface area contributed by atoms with Gasteiger partial charge in [-0.05, 0) is 25.0 Å². The van der Waals surface area contributed by atoms with Crippen LogP contribution in [0.2, 0.25) is 10.0 Å². The Morgan fingerprint density at radius 3 is 2.47 bits per heavy atom. The molecule has 0 saturated carbocycles. The Morgan fingerprint density at radius 1 is 1.33 bits per heavy atom. The molecule has 0 amide bonds. The van der Waals surface area contributed by atoms with Gasteiger partial charge in [-0.3, -0.25) is 0 Å². The molecule has 0 saturated heterocycles. The lowest BCUT2D eigenvalue weighted by atomic mass is 10.0. The van der Waals surface area contributed by atoms with Crippen molar-refractivity contribution in [3.8, 4) is 12.3 Å². The number of aliphatic hydroxyl groups is 1. The van der Waals surface area contributed by atoms with Crippen LogP contribution >= 0.6 is 23.2 Å². The van der Waals surface area contributed by atoms with Gasteiger partial charge in [-0.15, -0.1) is 12.3 Å². The highest BCUT2D eigenvalue weighted by Gasteiger charge is 2.14. The number of hydrogen-bond acceptors (Lipinski definition) is 1. The maximum absolute atomic E-state index is 9.87. The highest BCUT2D eigenvalue weighted by molar-refractivity contribution is 6.36. The molecule has 0 aliphatic rings. The van der Waals surface area contributed by atoms with Crippen LogP contribution in [-0.4, -0.2) is 5.11 Å². The van der Waals surface area contributed by atoms with E-state index in [0.717, 1.165) is 6.42 Å². The topological polar surface area (TPSA) is 20.2 Å². The van der Waals surface area contributed by atoms with Crippen LogP contribution < -0.4 is 0 Å². The molecule has 15 heavy (non-hydrogen) atoms. The minimum absolute atomic E-state index is 0.496. The fourth-order valence-corrected chi connectivity index (χ4v) is 2.02. The van der Waals surface area contributed by atoms with Gasteiger partial charge in [0.2, 0.25) is 0 Å². The first kappa shape index (κ1) is 12.4. The average molecular weight is 243 g/mol. The van der Waals surface area contributed by atoms with E-state index in [9.17, 15) is 5.11 Å². The maximum Gasteiger partial charge on any atom is 0.0819 e. The molecule has 0 bridgehead atoms. The first-order chi connectivity index (χ1) is 7.16. The van der Waals surface area contributed by atoms with Crippen LogP contribution in [-0.2, 0) is 0 Å². The van der Waals surface area contributed by atoms with Crippen LogP contribution in [0.4, 0.5) is 0 Å². The Balaban J connectivity index is 2.73. The van der Waals surface area contributed by atoms with E-state index < -0.39 is 6.10 Å². The second kappa shape index (κ2) is 6.02. The lowest BCUT2D eigenvalue weighted by Gasteiger charge is -2.13. The summed E-state index contributed by atoms with van der Waals surface area (Å²) in [5, 5.41) is 10.9. The summed E-state index contributed by atoms with van der Waals surface area (Å²) in [6.45, 7) is 0. The van der Waals surface area contributed by atoms with Crippen LogP contribution in [0.25, 0.3) is 0 Å². The zero-order chi connectivity index (χ0) is 11.3. The Labute approximate surface area is 100 Å². The van der Waals surface area contributed by atoms with Gasteiger partial charge in [-0.25, -0.2) is 0 Å². The average Bonchev–Trinajstić information content (AvgIpc) is 2.18. The fourth-order valence-electron chi connectivity index (χ4n) is 1.37. The predicted molar refractivity (Wildman–Crippen MR) is 64.1 cm³/mol. The van der Waals surface area contributed by atoms with Gasteiger partial charge in [0.15, 0.2) is 0 Å². The molecule has 1 rings (SSSR count). The highest BCUT2D eigenvalue weighted by atomic mass is 35.5. The Kier molecular flexibility index (Phi) is 4.98. The van der Waals surface area contributed by atoms with Crippen LogP contribution in [0.15, 0.2) is 18.2 Å². The smallest absolute Gasteiger partial charge is 0.0819 e. The molecule has 1 aromatic carbocycles. The van der Waals surface area contributed by atoms with Crippen LogP contribution in [0.5, 0.6) is 0 Å². The molecule has 3 heteroatoms. The van der Waals surface area contributed by atoms with E-state index in [1.807, 2.05) is 0 Å². The van der Waals surface area contributed by atoms with Gasteiger partial charge in [0.05, 0.1) is 6.10 Å². The Morgan fingerprint density at radius 2 is 1.93 bits per heavy atom. The van der Waals surface area contributed by atoms with Crippen molar-refractivity contribution in [3.05, 3.63) is 33.8 Å². The SMILES string of the molecule is C#CCCCC(O)c1c(Cl)cccc1Cl. The maximum atomic E-state index is 9.87. The van der Waals surface area contributed by atoms with Gasteiger partial charge in [-0.1, -0.05) is 29.3 Å². The number of rotatable bonds is 4. The lowest BCUT2D eigenvalue weighted by molar-refractivity contribution is 0.165. The zero-order valence-corrected chi connectivity index (χ0v) is 9.72. The van der Waals surface area contributed by atoms with E-state index in [4.69, 9.17) is 29.6 Å². The monoisotopic (exact) mass is 242 g/mol. The first-order valence-electron chi connectivity index (χ1n) is 4.72. The molecule has 0 aromatic heterocycles. The van der Waals surface area contributed by atoms with E-state index in [-0.39, 0.29) is 0 Å². The van der Waals surface area contributed by atoms with Crippen molar-refractivity contribution in [1.82, 2.24) is 0 Å². The minimum atomic E-state index is -0.639. The molecule has 80 valence electrons. The zero-order valence-electron chi connectivity index (χ0n) is 8.21. The number of aliphatic hydroxyl groups excluding tert-OH is 1. The third-order valence-corrected chi connectivity index (χ3v) is 2.79. The molecule has 0 aliphatic heterocycles. The number of unbranched alkanes of at least 4 members (excludes halogenated alkanes) is 1. The van der Waals surface area contributed by atoms with Crippen molar-refractivity contribution in [2.45, 2.75) is 25.4 Å². The van der Waals surface area contributed by atoms with E-state index in [0.29, 0.717) is 28.5 Å². The van der Waals surface area contributed by atoms with E-state index in [2.05, 4.69) is 5.92 Å². The molecule has 0 spiro atoms. The van der Waals surface area contributed by atoms with Crippen molar-refractivity contribution in [1.29, 1.82) is 0 Å². The minimum Gasteiger partial charge on any atom is -0.388 e. The summed E-state index contributed by atoms with van der Waals surface area (Å²) >= 11 is 11.9. The van der Waals surface area contributed by atoms with Crippen LogP contribution in [0.1, 0.15) is 30.9 Å². The number of terminal acetylenes is 1. The van der Waals surface area contributed by atoms with Crippen molar-refractivity contribution in [2.24, 2.45) is 0 Å². The second-order valence-corrected chi connectivity index (χ2v) is 4.06. The molecule has 0 aliphatic carbocycles. The summed E-state index contributed by atoms with van der Waals surface area (Å²) in [6.07, 6.45) is 6.48. The molecular weight excluding hydrogens is 231 g/mol. The predicted octanol–water partition coefficient (Wildman–Crippen LogP) is 3.83. The van der Waals surface area contributed by atoms with Gasteiger partial charge < -0.3 is 5.11 Å². The second-order valence-electron chi connectivity index (χ2n) is 3.25. The molecule has 1 unspecified atom stereocenters. The quantitative estimate of drug-likeness (QED) is 0.629.